The molecule has 3 aromatic rings. The highest BCUT2D eigenvalue weighted by molar-refractivity contribution is 7.99. The Hall–Kier alpha value is -3.33. The summed E-state index contributed by atoms with van der Waals surface area (Å²) in [4.78, 5) is 27.9. The summed E-state index contributed by atoms with van der Waals surface area (Å²) in [6.07, 6.45) is -2.56. The van der Waals surface area contributed by atoms with Gasteiger partial charge in [0.1, 0.15) is 17.6 Å². The van der Waals surface area contributed by atoms with Crippen molar-refractivity contribution in [1.29, 1.82) is 0 Å². The summed E-state index contributed by atoms with van der Waals surface area (Å²) in [5.74, 6) is -0.466. The lowest BCUT2D eigenvalue weighted by Crippen LogP contribution is -2.60. The third-order valence-electron chi connectivity index (χ3n) is 6.33. The highest BCUT2D eigenvalue weighted by Crippen LogP contribution is 2.41. The largest absolute Gasteiger partial charge is 0.456 e. The predicted octanol–water partition coefficient (Wildman–Crippen LogP) is 5.04. The number of hydrogen-bond acceptors (Lipinski definition) is 7. The van der Waals surface area contributed by atoms with Gasteiger partial charge < -0.3 is 18.9 Å². The summed E-state index contributed by atoms with van der Waals surface area (Å²) < 4.78 is 24.1. The first-order chi connectivity index (χ1) is 18.1. The average molecular weight is 520 g/mol. The molecular weight excluding hydrogens is 490 g/mol. The van der Waals surface area contributed by atoms with Gasteiger partial charge in [-0.2, -0.15) is 0 Å². The molecule has 0 N–H and O–H groups in total. The molecule has 2 heterocycles. The Kier molecular flexibility index (Phi) is 8.08. The third kappa shape index (κ3) is 6.15. The van der Waals surface area contributed by atoms with Gasteiger partial charge in [-0.1, -0.05) is 90.6 Å². The first-order valence-electron chi connectivity index (χ1n) is 12.3. The predicted molar refractivity (Wildman–Crippen MR) is 139 cm³/mol. The molecular formula is C29H29NO6S. The van der Waals surface area contributed by atoms with E-state index in [2.05, 4.69) is 0 Å². The number of amides is 1. The van der Waals surface area contributed by atoms with Gasteiger partial charge in [0.25, 0.3) is 0 Å². The van der Waals surface area contributed by atoms with Gasteiger partial charge >= 0.3 is 12.1 Å². The summed E-state index contributed by atoms with van der Waals surface area (Å²) in [6, 6.07) is 29.0. The van der Waals surface area contributed by atoms with Crippen LogP contribution in [0.5, 0.6) is 0 Å². The average Bonchev–Trinajstić information content (AvgIpc) is 3.23. The monoisotopic (exact) mass is 519 g/mol. The fraction of sp³-hybridized carbons (Fsp3) is 0.310. The van der Waals surface area contributed by atoms with Gasteiger partial charge in [-0.15, -0.1) is 0 Å². The maximum Gasteiger partial charge on any atom is 0.411 e. The Labute approximate surface area is 220 Å². The van der Waals surface area contributed by atoms with Crippen molar-refractivity contribution in [2.45, 2.75) is 54.8 Å². The Balaban J connectivity index is 1.41. The van der Waals surface area contributed by atoms with Crippen LogP contribution in [0.15, 0.2) is 95.9 Å². The van der Waals surface area contributed by atoms with E-state index < -0.39 is 41.9 Å². The standard InChI is InChI=1S/C29H29NO6S/c1-20(31)34-26-24(19-33-18-22-13-7-3-8-14-22)35-28(37-23-15-9-4-10-16-23)25-27(26)36-29(32)30(25)17-21-11-5-2-6-12-21/h2-16,24-28H,17-19H2,1H3/t24-,25-,26+,27-,28+/m1/s1. The molecule has 0 aliphatic carbocycles. The lowest BCUT2D eigenvalue weighted by molar-refractivity contribution is -0.195. The van der Waals surface area contributed by atoms with Crippen LogP contribution in [0.25, 0.3) is 0 Å². The first kappa shape index (κ1) is 25.3. The minimum Gasteiger partial charge on any atom is -0.456 e. The molecule has 2 aliphatic rings. The van der Waals surface area contributed by atoms with Gasteiger partial charge in [-0.3, -0.25) is 9.69 Å². The Bertz CT molecular complexity index is 1180. The van der Waals surface area contributed by atoms with Crippen LogP contribution in [0.2, 0.25) is 0 Å². The number of ether oxygens (including phenoxy) is 4. The molecule has 3 aromatic carbocycles. The maximum absolute atomic E-state index is 13.1. The number of thioether (sulfide) groups is 1. The number of nitrogens with zero attached hydrogens (tertiary/aromatic N) is 1. The molecule has 5 rings (SSSR count). The quantitative estimate of drug-likeness (QED) is 0.367. The number of benzene rings is 3. The molecule has 0 saturated carbocycles. The van der Waals surface area contributed by atoms with Crippen molar-refractivity contribution in [3.05, 3.63) is 102 Å². The number of carbonyl (C=O) groups excluding carboxylic acids is 2. The van der Waals surface area contributed by atoms with E-state index >= 15 is 0 Å². The van der Waals surface area contributed by atoms with E-state index in [1.54, 1.807) is 4.90 Å². The van der Waals surface area contributed by atoms with Gasteiger partial charge in [0.2, 0.25) is 0 Å². The van der Waals surface area contributed by atoms with Crippen LogP contribution in [0, 0.1) is 0 Å². The van der Waals surface area contributed by atoms with Crippen LogP contribution < -0.4 is 0 Å². The second-order valence-corrected chi connectivity index (χ2v) is 10.2. The van der Waals surface area contributed by atoms with Crippen molar-refractivity contribution in [1.82, 2.24) is 4.90 Å². The number of carbonyl (C=O) groups is 2. The van der Waals surface area contributed by atoms with E-state index in [9.17, 15) is 9.59 Å². The fourth-order valence-electron chi connectivity index (χ4n) is 4.67. The van der Waals surface area contributed by atoms with Crippen molar-refractivity contribution in [2.24, 2.45) is 0 Å². The van der Waals surface area contributed by atoms with Gasteiger partial charge in [0.05, 0.1) is 13.2 Å². The second-order valence-electron chi connectivity index (χ2n) is 9.00. The highest BCUT2D eigenvalue weighted by Gasteiger charge is 2.57. The first-order valence-corrected chi connectivity index (χ1v) is 13.1. The molecule has 0 spiro atoms. The number of esters is 1. The van der Waals surface area contributed by atoms with Crippen LogP contribution in [0.4, 0.5) is 4.79 Å². The van der Waals surface area contributed by atoms with Crippen LogP contribution >= 0.6 is 11.8 Å². The molecule has 0 bridgehead atoms. The summed E-state index contributed by atoms with van der Waals surface area (Å²) in [5, 5.41) is 0. The lowest BCUT2D eigenvalue weighted by atomic mass is 9.97. The van der Waals surface area contributed by atoms with Crippen LogP contribution in [0.1, 0.15) is 18.1 Å². The molecule has 0 unspecified atom stereocenters. The van der Waals surface area contributed by atoms with Gasteiger partial charge in [0, 0.05) is 18.4 Å². The van der Waals surface area contributed by atoms with Crippen molar-refractivity contribution in [3.8, 4) is 0 Å². The van der Waals surface area contributed by atoms with Crippen molar-refractivity contribution >= 4 is 23.8 Å². The van der Waals surface area contributed by atoms with E-state index in [4.69, 9.17) is 18.9 Å². The van der Waals surface area contributed by atoms with E-state index in [0.717, 1.165) is 16.0 Å². The zero-order chi connectivity index (χ0) is 25.6. The molecule has 2 fully saturated rings. The minimum absolute atomic E-state index is 0.179. The summed E-state index contributed by atoms with van der Waals surface area (Å²) in [7, 11) is 0. The molecule has 1 amide bonds. The highest BCUT2D eigenvalue weighted by atomic mass is 32.2. The second kappa shape index (κ2) is 11.8. The van der Waals surface area contributed by atoms with Gasteiger partial charge in [0.15, 0.2) is 12.2 Å². The summed E-state index contributed by atoms with van der Waals surface area (Å²) in [6.45, 7) is 2.27. The van der Waals surface area contributed by atoms with Crippen LogP contribution in [-0.2, 0) is 36.9 Å². The van der Waals surface area contributed by atoms with Crippen LogP contribution in [-0.4, -0.2) is 53.4 Å². The van der Waals surface area contributed by atoms with E-state index in [0.29, 0.717) is 13.2 Å². The summed E-state index contributed by atoms with van der Waals surface area (Å²) >= 11 is 1.52. The van der Waals surface area contributed by atoms with Crippen molar-refractivity contribution in [3.63, 3.8) is 0 Å². The zero-order valence-corrected chi connectivity index (χ0v) is 21.3. The molecule has 2 aliphatic heterocycles. The van der Waals surface area contributed by atoms with Crippen molar-refractivity contribution in [2.75, 3.05) is 6.61 Å². The molecule has 7 nitrogen and oxygen atoms in total. The topological polar surface area (TPSA) is 74.3 Å². The van der Waals surface area contributed by atoms with Gasteiger partial charge in [-0.25, -0.2) is 4.79 Å². The molecule has 5 atom stereocenters. The maximum atomic E-state index is 13.1. The van der Waals surface area contributed by atoms with E-state index in [1.165, 1.54) is 18.7 Å². The number of hydrogen-bond donors (Lipinski definition) is 0. The minimum atomic E-state index is -0.796. The van der Waals surface area contributed by atoms with E-state index in [-0.39, 0.29) is 6.61 Å². The normalized spacial score (nSPS) is 24.8. The Morgan fingerprint density at radius 3 is 2.19 bits per heavy atom. The smallest absolute Gasteiger partial charge is 0.411 e. The molecule has 0 aromatic heterocycles. The van der Waals surface area contributed by atoms with Crippen LogP contribution in [0.3, 0.4) is 0 Å². The van der Waals surface area contributed by atoms with Gasteiger partial charge in [-0.05, 0) is 23.3 Å². The summed E-state index contributed by atoms with van der Waals surface area (Å²) in [5.41, 5.74) is 1.54. The fourth-order valence-corrected chi connectivity index (χ4v) is 5.90. The van der Waals surface area contributed by atoms with Crippen molar-refractivity contribution < 1.29 is 28.5 Å². The Morgan fingerprint density at radius 1 is 0.919 bits per heavy atom. The molecule has 8 heteroatoms. The molecule has 0 radical (unpaired) electrons. The SMILES string of the molecule is CC(=O)O[C@@H]1[C@@H]2OC(=O)N(Cc3ccccc3)[C@H]2[C@H](Sc2ccccc2)O[C@@H]1COCc1ccccc1. The third-order valence-corrected chi connectivity index (χ3v) is 7.50. The number of fused-ring (bicyclic) bond motifs is 1. The Morgan fingerprint density at radius 2 is 1.54 bits per heavy atom. The zero-order valence-electron chi connectivity index (χ0n) is 20.5. The lowest BCUT2D eigenvalue weighted by Gasteiger charge is -2.43. The molecule has 192 valence electrons. The molecule has 2 saturated heterocycles. The molecule has 37 heavy (non-hydrogen) atoms. The number of rotatable bonds is 9. The van der Waals surface area contributed by atoms with E-state index in [1.807, 2.05) is 91.0 Å².